The van der Waals surface area contributed by atoms with Gasteiger partial charge >= 0.3 is 0 Å². The van der Waals surface area contributed by atoms with Crippen LogP contribution < -0.4 is 11.1 Å². The Kier molecular flexibility index (Phi) is 4.33. The molecular formula is C16H25N3O. The highest BCUT2D eigenvalue weighted by molar-refractivity contribution is 5.83. The molecule has 0 aliphatic heterocycles. The Balaban J connectivity index is 1.95. The topological polar surface area (TPSA) is 58.4 Å². The van der Waals surface area contributed by atoms with Gasteiger partial charge in [-0.1, -0.05) is 12.1 Å². The zero-order valence-electron chi connectivity index (χ0n) is 12.6. The van der Waals surface area contributed by atoms with E-state index in [1.165, 1.54) is 6.42 Å². The summed E-state index contributed by atoms with van der Waals surface area (Å²) in [7, 11) is 4.18. The summed E-state index contributed by atoms with van der Waals surface area (Å²) in [4.78, 5) is 14.5. The van der Waals surface area contributed by atoms with Gasteiger partial charge in [0.25, 0.3) is 0 Å². The standard InChI is InChI=1S/C16H25N3O/c1-12(13-6-4-7-14(17)10-13)15(20)18-11-16(19(2)3)8-5-9-16/h4,6-7,10,12H,5,8-9,11,17H2,1-3H3,(H,18,20). The van der Waals surface area contributed by atoms with Crippen LogP contribution in [0.25, 0.3) is 0 Å². The van der Waals surface area contributed by atoms with Crippen molar-refractivity contribution in [3.63, 3.8) is 0 Å². The Morgan fingerprint density at radius 2 is 2.15 bits per heavy atom. The van der Waals surface area contributed by atoms with E-state index in [1.54, 1.807) is 0 Å². The van der Waals surface area contributed by atoms with E-state index in [0.717, 1.165) is 24.9 Å². The average Bonchev–Trinajstić information content (AvgIpc) is 2.35. The van der Waals surface area contributed by atoms with E-state index in [1.807, 2.05) is 31.2 Å². The highest BCUT2D eigenvalue weighted by Gasteiger charge is 2.39. The summed E-state index contributed by atoms with van der Waals surface area (Å²) in [6.45, 7) is 2.65. The molecule has 3 N–H and O–H groups in total. The number of nitrogens with zero attached hydrogens (tertiary/aromatic N) is 1. The van der Waals surface area contributed by atoms with Crippen molar-refractivity contribution in [3.05, 3.63) is 29.8 Å². The average molecular weight is 275 g/mol. The highest BCUT2D eigenvalue weighted by atomic mass is 16.1. The maximum atomic E-state index is 12.3. The lowest BCUT2D eigenvalue weighted by Gasteiger charge is -2.47. The van der Waals surface area contributed by atoms with Gasteiger partial charge in [-0.3, -0.25) is 4.79 Å². The zero-order valence-corrected chi connectivity index (χ0v) is 12.6. The Labute approximate surface area is 121 Å². The van der Waals surface area contributed by atoms with Crippen molar-refractivity contribution < 1.29 is 4.79 Å². The van der Waals surface area contributed by atoms with Gasteiger partial charge in [0.15, 0.2) is 0 Å². The molecule has 1 aromatic carbocycles. The van der Waals surface area contributed by atoms with E-state index in [0.29, 0.717) is 5.69 Å². The molecular weight excluding hydrogens is 250 g/mol. The van der Waals surface area contributed by atoms with Crippen LogP contribution in [0.1, 0.15) is 37.7 Å². The molecule has 1 amide bonds. The lowest BCUT2D eigenvalue weighted by atomic mass is 9.75. The largest absolute Gasteiger partial charge is 0.399 e. The van der Waals surface area contributed by atoms with Gasteiger partial charge in [-0.05, 0) is 58.0 Å². The molecule has 1 aromatic rings. The number of benzene rings is 1. The fourth-order valence-electron chi connectivity index (χ4n) is 2.75. The second-order valence-electron chi connectivity index (χ2n) is 6.08. The minimum Gasteiger partial charge on any atom is -0.399 e. The quantitative estimate of drug-likeness (QED) is 0.808. The van der Waals surface area contributed by atoms with Gasteiger partial charge in [0.1, 0.15) is 0 Å². The number of anilines is 1. The molecule has 1 saturated carbocycles. The van der Waals surface area contributed by atoms with Crippen molar-refractivity contribution in [3.8, 4) is 0 Å². The molecule has 1 atom stereocenters. The summed E-state index contributed by atoms with van der Waals surface area (Å²) in [6.07, 6.45) is 3.57. The molecule has 1 fully saturated rings. The number of nitrogens with one attached hydrogen (secondary N) is 1. The number of carbonyl (C=O) groups is 1. The summed E-state index contributed by atoms with van der Waals surface area (Å²) in [5.74, 6) is -0.0958. The van der Waals surface area contributed by atoms with Crippen LogP contribution in [-0.2, 0) is 4.79 Å². The third-order valence-electron chi connectivity index (χ3n) is 4.63. The first kappa shape index (κ1) is 14.9. The van der Waals surface area contributed by atoms with E-state index < -0.39 is 0 Å². The molecule has 0 spiro atoms. The van der Waals surface area contributed by atoms with E-state index in [4.69, 9.17) is 5.73 Å². The summed E-state index contributed by atoms with van der Waals surface area (Å²) in [6, 6.07) is 7.55. The second kappa shape index (κ2) is 5.83. The number of amides is 1. The molecule has 4 nitrogen and oxygen atoms in total. The van der Waals surface area contributed by atoms with Crippen molar-refractivity contribution >= 4 is 11.6 Å². The molecule has 4 heteroatoms. The third-order valence-corrected chi connectivity index (χ3v) is 4.63. The van der Waals surface area contributed by atoms with Crippen LogP contribution in [0.2, 0.25) is 0 Å². The predicted molar refractivity (Wildman–Crippen MR) is 82.5 cm³/mol. The molecule has 0 bridgehead atoms. The minimum atomic E-state index is -0.169. The Morgan fingerprint density at radius 3 is 2.65 bits per heavy atom. The van der Waals surface area contributed by atoms with Crippen molar-refractivity contribution in [1.29, 1.82) is 0 Å². The van der Waals surface area contributed by atoms with Gasteiger partial charge in [0, 0.05) is 17.8 Å². The van der Waals surface area contributed by atoms with Gasteiger partial charge in [-0.15, -0.1) is 0 Å². The lowest BCUT2D eigenvalue weighted by Crippen LogP contribution is -2.57. The summed E-state index contributed by atoms with van der Waals surface area (Å²) in [5, 5.41) is 3.10. The highest BCUT2D eigenvalue weighted by Crippen LogP contribution is 2.35. The van der Waals surface area contributed by atoms with E-state index >= 15 is 0 Å². The number of hydrogen-bond donors (Lipinski definition) is 2. The first-order valence-corrected chi connectivity index (χ1v) is 7.25. The SMILES string of the molecule is CC(C(=O)NCC1(N(C)C)CCC1)c1cccc(N)c1. The summed E-state index contributed by atoms with van der Waals surface area (Å²) >= 11 is 0. The molecule has 1 aliphatic rings. The zero-order chi connectivity index (χ0) is 14.8. The maximum absolute atomic E-state index is 12.3. The predicted octanol–water partition coefficient (Wildman–Crippen LogP) is 1.97. The van der Waals surface area contributed by atoms with Crippen molar-refractivity contribution in [1.82, 2.24) is 10.2 Å². The van der Waals surface area contributed by atoms with Crippen LogP contribution in [0.5, 0.6) is 0 Å². The number of rotatable bonds is 5. The maximum Gasteiger partial charge on any atom is 0.227 e. The number of nitrogens with two attached hydrogens (primary N) is 1. The number of hydrogen-bond acceptors (Lipinski definition) is 3. The Hall–Kier alpha value is -1.55. The lowest BCUT2D eigenvalue weighted by molar-refractivity contribution is -0.123. The van der Waals surface area contributed by atoms with Crippen molar-refractivity contribution in [2.75, 3.05) is 26.4 Å². The summed E-state index contributed by atoms with van der Waals surface area (Å²) < 4.78 is 0. The molecule has 0 aromatic heterocycles. The molecule has 0 saturated heterocycles. The van der Waals surface area contributed by atoms with E-state index in [2.05, 4.69) is 24.3 Å². The molecule has 2 rings (SSSR count). The van der Waals surface area contributed by atoms with Gasteiger partial charge in [0.2, 0.25) is 5.91 Å². The van der Waals surface area contributed by atoms with Gasteiger partial charge in [-0.25, -0.2) is 0 Å². The van der Waals surface area contributed by atoms with E-state index in [-0.39, 0.29) is 17.4 Å². The normalized spacial score (nSPS) is 18.4. The molecule has 0 radical (unpaired) electrons. The number of nitrogen functional groups attached to an aromatic ring is 1. The van der Waals surface area contributed by atoms with Crippen molar-refractivity contribution in [2.45, 2.75) is 37.6 Å². The molecule has 1 aliphatic carbocycles. The molecule has 110 valence electrons. The van der Waals surface area contributed by atoms with Gasteiger partial charge < -0.3 is 16.0 Å². The minimum absolute atomic E-state index is 0.0729. The van der Waals surface area contributed by atoms with Crippen LogP contribution in [0.4, 0.5) is 5.69 Å². The van der Waals surface area contributed by atoms with Crippen LogP contribution >= 0.6 is 0 Å². The molecule has 0 heterocycles. The fraction of sp³-hybridized carbons (Fsp3) is 0.562. The van der Waals surface area contributed by atoms with Crippen LogP contribution in [0.3, 0.4) is 0 Å². The van der Waals surface area contributed by atoms with Crippen LogP contribution in [0.15, 0.2) is 24.3 Å². The van der Waals surface area contributed by atoms with E-state index in [9.17, 15) is 4.79 Å². The smallest absolute Gasteiger partial charge is 0.227 e. The van der Waals surface area contributed by atoms with Crippen LogP contribution in [0, 0.1) is 0 Å². The fourth-order valence-corrected chi connectivity index (χ4v) is 2.75. The van der Waals surface area contributed by atoms with Crippen LogP contribution in [-0.4, -0.2) is 37.0 Å². The molecule has 20 heavy (non-hydrogen) atoms. The Morgan fingerprint density at radius 1 is 1.45 bits per heavy atom. The number of likely N-dealkylation sites (N-methyl/N-ethyl adjacent to an activating group) is 1. The van der Waals surface area contributed by atoms with Crippen molar-refractivity contribution in [2.24, 2.45) is 0 Å². The van der Waals surface area contributed by atoms with Gasteiger partial charge in [0.05, 0.1) is 5.92 Å². The monoisotopic (exact) mass is 275 g/mol. The number of carbonyl (C=O) groups excluding carboxylic acids is 1. The third kappa shape index (κ3) is 2.96. The second-order valence-corrected chi connectivity index (χ2v) is 6.08. The molecule has 1 unspecified atom stereocenters. The Bertz CT molecular complexity index is 480. The van der Waals surface area contributed by atoms with Gasteiger partial charge in [-0.2, -0.15) is 0 Å². The first-order valence-electron chi connectivity index (χ1n) is 7.25. The summed E-state index contributed by atoms with van der Waals surface area (Å²) in [5.41, 5.74) is 7.60. The first-order chi connectivity index (χ1) is 9.44.